The molecule has 0 unspecified atom stereocenters. The number of nitrogens with one attached hydrogen (secondary N) is 1. The summed E-state index contributed by atoms with van der Waals surface area (Å²) < 4.78 is 35.1. The number of ether oxygens (including phenoxy) is 1. The molecule has 2 amide bonds. The van der Waals surface area contributed by atoms with E-state index >= 15 is 0 Å². The van der Waals surface area contributed by atoms with Crippen LogP contribution >= 0.6 is 0 Å². The van der Waals surface area contributed by atoms with Crippen molar-refractivity contribution < 1.29 is 23.1 Å². The highest BCUT2D eigenvalue weighted by Gasteiger charge is 2.31. The van der Waals surface area contributed by atoms with Gasteiger partial charge in [0.15, 0.2) is 17.5 Å². The number of halogens is 2. The fourth-order valence-electron chi connectivity index (χ4n) is 4.81. The molecule has 0 radical (unpaired) electrons. The number of hydrogen-bond acceptors (Lipinski definition) is 4. The van der Waals surface area contributed by atoms with E-state index in [1.807, 2.05) is 11.5 Å². The molecular weight excluding hydrogens is 454 g/mol. The van der Waals surface area contributed by atoms with Crippen molar-refractivity contribution in [2.24, 2.45) is 5.92 Å². The molecule has 190 valence electrons. The number of rotatable bonds is 7. The topological polar surface area (TPSA) is 76.5 Å². The van der Waals surface area contributed by atoms with Crippen LogP contribution < -0.4 is 15.0 Å². The third-order valence-electron chi connectivity index (χ3n) is 6.94. The fraction of sp³-hybridized carbons (Fsp3) is 0.577. The molecule has 0 spiro atoms. The van der Waals surface area contributed by atoms with E-state index in [-0.39, 0.29) is 23.3 Å². The average Bonchev–Trinajstić information content (AvgIpc) is 3.20. The molecule has 35 heavy (non-hydrogen) atoms. The number of imidazole rings is 1. The average molecular weight is 489 g/mol. The summed E-state index contributed by atoms with van der Waals surface area (Å²) in [5.41, 5.74) is 0.0118. The highest BCUT2D eigenvalue weighted by Crippen LogP contribution is 2.34. The second kappa shape index (κ2) is 11.2. The molecule has 1 aromatic carbocycles. The van der Waals surface area contributed by atoms with Gasteiger partial charge >= 0.3 is 6.09 Å². The van der Waals surface area contributed by atoms with Crippen molar-refractivity contribution in [2.45, 2.75) is 84.2 Å². The van der Waals surface area contributed by atoms with Crippen molar-refractivity contribution >= 4 is 17.8 Å². The SMILES string of the molecule is CCCCN(C(=O)c1ccc(F)c(F)c1)c1nc2n(c1OC(=O)NC1CCC(C)CC1)CCCC2. The molecule has 1 aromatic heterocycles. The van der Waals surface area contributed by atoms with Crippen LogP contribution in [0.5, 0.6) is 5.88 Å². The lowest BCUT2D eigenvalue weighted by atomic mass is 9.87. The van der Waals surface area contributed by atoms with Gasteiger partial charge in [0, 0.05) is 31.1 Å². The number of nitrogens with zero attached hydrogens (tertiary/aromatic N) is 3. The van der Waals surface area contributed by atoms with Crippen molar-refractivity contribution in [3.63, 3.8) is 0 Å². The Labute approximate surface area is 204 Å². The zero-order valence-electron chi connectivity index (χ0n) is 20.5. The minimum absolute atomic E-state index is 0.0118. The normalized spacial score (nSPS) is 19.7. The minimum atomic E-state index is -1.09. The number of anilines is 1. The maximum absolute atomic E-state index is 13.9. The quantitative estimate of drug-likeness (QED) is 0.550. The number of aromatic nitrogens is 2. The molecule has 1 fully saturated rings. The number of unbranched alkanes of at least 4 members (excludes halogenated alkanes) is 1. The number of carbonyl (C=O) groups excluding carboxylic acids is 2. The Hall–Kier alpha value is -2.97. The van der Waals surface area contributed by atoms with Crippen LogP contribution in [0.1, 0.15) is 81.4 Å². The van der Waals surface area contributed by atoms with E-state index < -0.39 is 23.6 Å². The number of carbonyl (C=O) groups is 2. The molecule has 0 bridgehead atoms. The van der Waals surface area contributed by atoms with Crippen molar-refractivity contribution in [3.8, 4) is 5.88 Å². The third-order valence-corrected chi connectivity index (χ3v) is 6.94. The summed E-state index contributed by atoms with van der Waals surface area (Å²) in [4.78, 5) is 32.5. The molecule has 7 nitrogen and oxygen atoms in total. The van der Waals surface area contributed by atoms with Crippen LogP contribution in [0.25, 0.3) is 0 Å². The van der Waals surface area contributed by atoms with E-state index in [0.29, 0.717) is 31.8 Å². The second-order valence-corrected chi connectivity index (χ2v) is 9.70. The molecule has 1 aliphatic heterocycles. The van der Waals surface area contributed by atoms with Gasteiger partial charge in [-0.25, -0.2) is 18.6 Å². The Morgan fingerprint density at radius 2 is 1.94 bits per heavy atom. The van der Waals surface area contributed by atoms with Gasteiger partial charge in [0.1, 0.15) is 5.82 Å². The summed E-state index contributed by atoms with van der Waals surface area (Å²) >= 11 is 0. The number of hydrogen-bond donors (Lipinski definition) is 1. The number of fused-ring (bicyclic) bond motifs is 1. The first kappa shape index (κ1) is 25.1. The lowest BCUT2D eigenvalue weighted by Gasteiger charge is -2.27. The molecule has 0 atom stereocenters. The van der Waals surface area contributed by atoms with E-state index in [0.717, 1.165) is 62.9 Å². The van der Waals surface area contributed by atoms with Crippen LogP contribution in [0.15, 0.2) is 18.2 Å². The second-order valence-electron chi connectivity index (χ2n) is 9.70. The predicted molar refractivity (Wildman–Crippen MR) is 129 cm³/mol. The first-order chi connectivity index (χ1) is 16.9. The van der Waals surface area contributed by atoms with Gasteiger partial charge in [-0.2, -0.15) is 0 Å². The van der Waals surface area contributed by atoms with Crippen molar-refractivity contribution in [3.05, 3.63) is 41.2 Å². The van der Waals surface area contributed by atoms with E-state index in [1.54, 1.807) is 0 Å². The van der Waals surface area contributed by atoms with Crippen LogP contribution in [-0.4, -0.2) is 34.1 Å². The van der Waals surface area contributed by atoms with Crippen LogP contribution in [-0.2, 0) is 13.0 Å². The molecule has 2 aromatic rings. The lowest BCUT2D eigenvalue weighted by Crippen LogP contribution is -2.40. The highest BCUT2D eigenvalue weighted by atomic mass is 19.2. The Bertz CT molecular complexity index is 1060. The van der Waals surface area contributed by atoms with Gasteiger partial charge in [-0.15, -0.1) is 0 Å². The summed E-state index contributed by atoms with van der Waals surface area (Å²) in [6, 6.07) is 3.15. The van der Waals surface area contributed by atoms with Gasteiger partial charge in [-0.05, 0) is 69.1 Å². The van der Waals surface area contributed by atoms with E-state index in [9.17, 15) is 18.4 Å². The highest BCUT2D eigenvalue weighted by molar-refractivity contribution is 6.06. The first-order valence-electron chi connectivity index (χ1n) is 12.7. The van der Waals surface area contributed by atoms with Crippen molar-refractivity contribution in [2.75, 3.05) is 11.4 Å². The van der Waals surface area contributed by atoms with Gasteiger partial charge in [-0.3, -0.25) is 14.3 Å². The summed E-state index contributed by atoms with van der Waals surface area (Å²) in [5, 5.41) is 2.97. The summed E-state index contributed by atoms with van der Waals surface area (Å²) in [5.74, 6) is -0.734. The Kier molecular flexibility index (Phi) is 8.03. The van der Waals surface area contributed by atoms with Crippen LogP contribution in [0.2, 0.25) is 0 Å². The molecule has 0 saturated heterocycles. The Balaban J connectivity index is 1.63. The predicted octanol–water partition coefficient (Wildman–Crippen LogP) is 5.61. The maximum Gasteiger partial charge on any atom is 0.414 e. The van der Waals surface area contributed by atoms with Crippen LogP contribution in [0.3, 0.4) is 0 Å². The molecule has 4 rings (SSSR count). The van der Waals surface area contributed by atoms with Crippen molar-refractivity contribution in [1.29, 1.82) is 0 Å². The zero-order chi connectivity index (χ0) is 24.9. The monoisotopic (exact) mass is 488 g/mol. The van der Waals surface area contributed by atoms with E-state index in [4.69, 9.17) is 9.72 Å². The van der Waals surface area contributed by atoms with Crippen molar-refractivity contribution in [1.82, 2.24) is 14.9 Å². The molecule has 2 heterocycles. The van der Waals surface area contributed by atoms with Gasteiger partial charge in [0.2, 0.25) is 5.88 Å². The molecule has 1 saturated carbocycles. The standard InChI is InChI=1S/C26H34F2N4O3/c1-3-4-14-32(24(33)18-10-13-20(27)21(28)16-18)23-25(31-15-6-5-7-22(31)30-23)35-26(34)29-19-11-8-17(2)9-12-19/h10,13,16-17,19H,3-9,11-12,14-15H2,1-2H3,(H,29,34). The smallest absolute Gasteiger partial charge is 0.389 e. The first-order valence-corrected chi connectivity index (χ1v) is 12.7. The van der Waals surface area contributed by atoms with Gasteiger partial charge < -0.3 is 10.1 Å². The molecule has 1 N–H and O–H groups in total. The molecular formula is C26H34F2N4O3. The molecule has 1 aliphatic carbocycles. The summed E-state index contributed by atoms with van der Waals surface area (Å²) in [6.45, 7) is 5.15. The lowest BCUT2D eigenvalue weighted by molar-refractivity contribution is 0.0984. The van der Waals surface area contributed by atoms with Gasteiger partial charge in [0.05, 0.1) is 0 Å². The van der Waals surface area contributed by atoms with Crippen LogP contribution in [0, 0.1) is 17.6 Å². The third kappa shape index (κ3) is 5.82. The van der Waals surface area contributed by atoms with E-state index in [1.165, 1.54) is 11.0 Å². The number of benzene rings is 1. The molecule has 9 heteroatoms. The van der Waals surface area contributed by atoms with E-state index in [2.05, 4.69) is 12.2 Å². The summed E-state index contributed by atoms with van der Waals surface area (Å²) in [7, 11) is 0. The Morgan fingerprint density at radius 1 is 1.17 bits per heavy atom. The Morgan fingerprint density at radius 3 is 2.66 bits per heavy atom. The number of aryl methyl sites for hydroxylation is 1. The largest absolute Gasteiger partial charge is 0.414 e. The van der Waals surface area contributed by atoms with Gasteiger partial charge in [-0.1, -0.05) is 20.3 Å². The number of amides is 2. The zero-order valence-corrected chi connectivity index (χ0v) is 20.5. The fourth-order valence-corrected chi connectivity index (χ4v) is 4.81. The van der Waals surface area contributed by atoms with Gasteiger partial charge in [0.25, 0.3) is 5.91 Å². The maximum atomic E-state index is 13.9. The molecule has 2 aliphatic rings. The minimum Gasteiger partial charge on any atom is -0.389 e. The van der Waals surface area contributed by atoms with Crippen LogP contribution in [0.4, 0.5) is 19.4 Å². The summed E-state index contributed by atoms with van der Waals surface area (Å²) in [6.07, 6.45) is 7.43.